The second kappa shape index (κ2) is 9.92. The first kappa shape index (κ1) is 20.7. The van der Waals surface area contributed by atoms with Gasteiger partial charge in [0.1, 0.15) is 11.6 Å². The number of nitrogens with zero attached hydrogens (tertiary/aromatic N) is 1. The Hall–Kier alpha value is -2.60. The van der Waals surface area contributed by atoms with Crippen molar-refractivity contribution >= 4 is 6.03 Å². The summed E-state index contributed by atoms with van der Waals surface area (Å²) in [4.78, 5) is 14.1. The number of halogens is 1. The lowest BCUT2D eigenvalue weighted by Crippen LogP contribution is -2.41. The Morgan fingerprint density at radius 3 is 2.63 bits per heavy atom. The molecule has 0 aliphatic carbocycles. The fraction of sp³-hybridized carbons (Fsp3) is 0.381. The molecule has 1 atom stereocenters. The van der Waals surface area contributed by atoms with Crippen LogP contribution < -0.4 is 15.4 Å². The van der Waals surface area contributed by atoms with Gasteiger partial charge in [0.15, 0.2) is 0 Å². The highest BCUT2D eigenvalue weighted by atomic mass is 19.1. The zero-order chi connectivity index (χ0) is 19.8. The highest BCUT2D eigenvalue weighted by Crippen LogP contribution is 2.20. The van der Waals surface area contributed by atoms with Crippen molar-refractivity contribution in [3.63, 3.8) is 0 Å². The van der Waals surface area contributed by atoms with Gasteiger partial charge in [-0.15, -0.1) is 0 Å². The van der Waals surface area contributed by atoms with Crippen LogP contribution in [0, 0.1) is 12.7 Å². The third-order valence-corrected chi connectivity index (χ3v) is 4.43. The van der Waals surface area contributed by atoms with Gasteiger partial charge in [-0.3, -0.25) is 0 Å². The molecule has 0 aromatic heterocycles. The van der Waals surface area contributed by atoms with Crippen LogP contribution in [-0.4, -0.2) is 45.2 Å². The highest BCUT2D eigenvalue weighted by molar-refractivity contribution is 5.73. The first-order chi connectivity index (χ1) is 12.9. The molecule has 2 amide bonds. The molecule has 2 aromatic rings. The summed E-state index contributed by atoms with van der Waals surface area (Å²) in [6.45, 7) is 2.91. The molecule has 27 heavy (non-hydrogen) atoms. The summed E-state index contributed by atoms with van der Waals surface area (Å²) in [7, 11) is 5.44. The SMILES string of the molecule is COc1ccc(C)cc1CCNC(=O)NCC(c1cccc(F)c1)N(C)C. The van der Waals surface area contributed by atoms with Gasteiger partial charge in [-0.05, 0) is 56.8 Å². The fourth-order valence-electron chi connectivity index (χ4n) is 2.98. The number of urea groups is 1. The van der Waals surface area contributed by atoms with Crippen molar-refractivity contribution in [2.45, 2.75) is 19.4 Å². The summed E-state index contributed by atoms with van der Waals surface area (Å²) in [6, 6.07) is 12.1. The third kappa shape index (κ3) is 6.25. The fourth-order valence-corrected chi connectivity index (χ4v) is 2.98. The number of ether oxygens (including phenoxy) is 1. The maximum Gasteiger partial charge on any atom is 0.314 e. The van der Waals surface area contributed by atoms with Crippen LogP contribution in [0.2, 0.25) is 0 Å². The van der Waals surface area contributed by atoms with Crippen LogP contribution in [0.25, 0.3) is 0 Å². The summed E-state index contributed by atoms with van der Waals surface area (Å²) >= 11 is 0. The Bertz CT molecular complexity index is 765. The lowest BCUT2D eigenvalue weighted by molar-refractivity contribution is 0.233. The van der Waals surface area contributed by atoms with Crippen LogP contribution in [0.3, 0.4) is 0 Å². The number of carbonyl (C=O) groups excluding carboxylic acids is 1. The molecule has 2 aromatic carbocycles. The number of aryl methyl sites for hydroxylation is 1. The molecule has 2 rings (SSSR count). The van der Waals surface area contributed by atoms with Gasteiger partial charge in [0.25, 0.3) is 0 Å². The number of rotatable bonds is 8. The molecule has 0 saturated carbocycles. The molecule has 0 bridgehead atoms. The van der Waals surface area contributed by atoms with E-state index in [9.17, 15) is 9.18 Å². The largest absolute Gasteiger partial charge is 0.496 e. The van der Waals surface area contributed by atoms with E-state index >= 15 is 0 Å². The minimum atomic E-state index is -0.282. The van der Waals surface area contributed by atoms with Crippen molar-refractivity contribution in [2.75, 3.05) is 34.3 Å². The predicted octanol–water partition coefficient (Wildman–Crippen LogP) is 3.29. The van der Waals surface area contributed by atoms with Gasteiger partial charge in [0.2, 0.25) is 0 Å². The second-order valence-corrected chi connectivity index (χ2v) is 6.74. The summed E-state index contributed by atoms with van der Waals surface area (Å²) < 4.78 is 18.8. The molecule has 146 valence electrons. The Kier molecular flexibility index (Phi) is 7.61. The maximum absolute atomic E-state index is 13.5. The van der Waals surface area contributed by atoms with Gasteiger partial charge >= 0.3 is 6.03 Å². The van der Waals surface area contributed by atoms with Crippen LogP contribution in [0.15, 0.2) is 42.5 Å². The molecule has 2 N–H and O–H groups in total. The number of nitrogens with one attached hydrogen (secondary N) is 2. The standard InChI is InChI=1S/C21H28FN3O2/c1-15-8-9-20(27-4)17(12-15)10-11-23-21(26)24-14-19(25(2)3)16-6-5-7-18(22)13-16/h5-9,12-13,19H,10-11,14H2,1-4H3,(H2,23,24,26). The normalized spacial score (nSPS) is 11.9. The molecule has 0 spiro atoms. The molecular weight excluding hydrogens is 345 g/mol. The lowest BCUT2D eigenvalue weighted by Gasteiger charge is -2.25. The van der Waals surface area contributed by atoms with Gasteiger partial charge in [0, 0.05) is 13.1 Å². The molecule has 0 radical (unpaired) electrons. The van der Waals surface area contributed by atoms with Crippen LogP contribution in [0.5, 0.6) is 5.75 Å². The first-order valence-corrected chi connectivity index (χ1v) is 8.98. The zero-order valence-electron chi connectivity index (χ0n) is 16.4. The van der Waals surface area contributed by atoms with Crippen LogP contribution in [0.4, 0.5) is 9.18 Å². The topological polar surface area (TPSA) is 53.6 Å². The van der Waals surface area contributed by atoms with Crippen LogP contribution in [0.1, 0.15) is 22.7 Å². The van der Waals surface area contributed by atoms with Crippen LogP contribution in [-0.2, 0) is 6.42 Å². The van der Waals surface area contributed by atoms with Gasteiger partial charge < -0.3 is 20.3 Å². The maximum atomic E-state index is 13.5. The number of hydrogen-bond acceptors (Lipinski definition) is 3. The van der Waals surface area contributed by atoms with Crippen molar-refractivity contribution in [2.24, 2.45) is 0 Å². The number of amides is 2. The van der Waals surface area contributed by atoms with E-state index < -0.39 is 0 Å². The van der Waals surface area contributed by atoms with Gasteiger partial charge in [-0.2, -0.15) is 0 Å². The van der Waals surface area contributed by atoms with Gasteiger partial charge in [-0.25, -0.2) is 9.18 Å². The summed E-state index contributed by atoms with van der Waals surface area (Å²) in [5.74, 6) is 0.539. The number of hydrogen-bond donors (Lipinski definition) is 2. The molecule has 1 unspecified atom stereocenters. The Balaban J connectivity index is 1.85. The van der Waals surface area contributed by atoms with E-state index in [0.29, 0.717) is 19.5 Å². The molecule has 0 heterocycles. The zero-order valence-corrected chi connectivity index (χ0v) is 16.4. The Labute approximate surface area is 160 Å². The van der Waals surface area contributed by atoms with Gasteiger partial charge in [0.05, 0.1) is 13.2 Å². The van der Waals surface area contributed by atoms with Crippen molar-refractivity contribution < 1.29 is 13.9 Å². The number of likely N-dealkylation sites (N-methyl/N-ethyl adjacent to an activating group) is 1. The van der Waals surface area contributed by atoms with Gasteiger partial charge in [-0.1, -0.05) is 29.8 Å². The average Bonchev–Trinajstić information content (AvgIpc) is 2.62. The second-order valence-electron chi connectivity index (χ2n) is 6.74. The predicted molar refractivity (Wildman–Crippen MR) is 106 cm³/mol. The van der Waals surface area contributed by atoms with E-state index in [0.717, 1.165) is 22.4 Å². The molecule has 0 fully saturated rings. The number of benzene rings is 2. The lowest BCUT2D eigenvalue weighted by atomic mass is 10.1. The number of methoxy groups -OCH3 is 1. The number of carbonyl (C=O) groups is 1. The quantitative estimate of drug-likeness (QED) is 0.747. The smallest absolute Gasteiger partial charge is 0.314 e. The minimum absolute atomic E-state index is 0.108. The average molecular weight is 373 g/mol. The molecule has 0 aliphatic rings. The van der Waals surface area contributed by atoms with Crippen molar-refractivity contribution in [3.05, 3.63) is 65.0 Å². The monoisotopic (exact) mass is 373 g/mol. The van der Waals surface area contributed by atoms with Crippen molar-refractivity contribution in [3.8, 4) is 5.75 Å². The van der Waals surface area contributed by atoms with E-state index in [-0.39, 0.29) is 17.9 Å². The molecule has 5 nitrogen and oxygen atoms in total. The van der Waals surface area contributed by atoms with E-state index in [1.54, 1.807) is 13.2 Å². The van der Waals surface area contributed by atoms with E-state index in [4.69, 9.17) is 4.74 Å². The summed E-state index contributed by atoms with van der Waals surface area (Å²) in [5.41, 5.74) is 3.03. The molecular formula is C21H28FN3O2. The summed E-state index contributed by atoms with van der Waals surface area (Å²) in [5, 5.41) is 5.72. The van der Waals surface area contributed by atoms with Crippen molar-refractivity contribution in [1.82, 2.24) is 15.5 Å². The van der Waals surface area contributed by atoms with E-state index in [2.05, 4.69) is 16.7 Å². The molecule has 6 heteroatoms. The Morgan fingerprint density at radius 1 is 1.19 bits per heavy atom. The molecule has 0 aliphatic heterocycles. The van der Waals surface area contributed by atoms with Crippen LogP contribution >= 0.6 is 0 Å². The van der Waals surface area contributed by atoms with Crippen molar-refractivity contribution in [1.29, 1.82) is 0 Å². The Morgan fingerprint density at radius 2 is 1.96 bits per heavy atom. The third-order valence-electron chi connectivity index (χ3n) is 4.43. The molecule has 0 saturated heterocycles. The van der Waals surface area contributed by atoms with E-state index in [1.165, 1.54) is 12.1 Å². The van der Waals surface area contributed by atoms with E-state index in [1.807, 2.05) is 44.1 Å². The highest BCUT2D eigenvalue weighted by Gasteiger charge is 2.15. The first-order valence-electron chi connectivity index (χ1n) is 8.98. The summed E-state index contributed by atoms with van der Waals surface area (Å²) in [6.07, 6.45) is 0.680. The minimum Gasteiger partial charge on any atom is -0.496 e.